The highest BCUT2D eigenvalue weighted by atomic mass is 35.5. The first-order valence-electron chi connectivity index (χ1n) is 5.33. The minimum absolute atomic E-state index is 0.382. The van der Waals surface area contributed by atoms with E-state index in [0.717, 1.165) is 22.2 Å². The normalized spacial score (nSPS) is 11.5. The molecule has 0 radical (unpaired) electrons. The Kier molecular flexibility index (Phi) is 2.28. The van der Waals surface area contributed by atoms with Gasteiger partial charge >= 0.3 is 0 Å². The Balaban J connectivity index is 2.62. The molecule has 2 N–H and O–H groups in total. The molecule has 0 atom stereocenters. The number of nitrogens with zero attached hydrogens (tertiary/aromatic N) is 3. The Morgan fingerprint density at radius 3 is 2.82 bits per heavy atom. The minimum Gasteiger partial charge on any atom is -0.314 e. The molecule has 0 aliphatic rings. The largest absolute Gasteiger partial charge is 0.314 e. The number of halogens is 1. The first-order chi connectivity index (χ1) is 8.22. The van der Waals surface area contributed by atoms with Crippen LogP contribution in [0.25, 0.3) is 21.9 Å². The fraction of sp³-hybridized carbons (Fsp3) is 0.167. The second kappa shape index (κ2) is 3.68. The van der Waals surface area contributed by atoms with Crippen molar-refractivity contribution in [3.05, 3.63) is 35.2 Å². The summed E-state index contributed by atoms with van der Waals surface area (Å²) in [6.07, 6.45) is 0. The van der Waals surface area contributed by atoms with E-state index in [0.29, 0.717) is 17.3 Å². The average molecular weight is 247 g/mol. The lowest BCUT2D eigenvalue weighted by Crippen LogP contribution is -2.08. The van der Waals surface area contributed by atoms with Gasteiger partial charge in [0.25, 0.3) is 0 Å². The summed E-state index contributed by atoms with van der Waals surface area (Å²) in [4.78, 5) is 8.76. The maximum atomic E-state index is 6.15. The van der Waals surface area contributed by atoms with Crippen LogP contribution in [0.3, 0.4) is 0 Å². The number of rotatable bonds is 1. The van der Waals surface area contributed by atoms with Crippen molar-refractivity contribution in [2.75, 3.05) is 0 Å². The van der Waals surface area contributed by atoms with Crippen molar-refractivity contribution in [1.82, 2.24) is 14.5 Å². The van der Waals surface area contributed by atoms with Crippen molar-refractivity contribution in [2.45, 2.75) is 13.6 Å². The third-order valence-electron chi connectivity index (χ3n) is 2.91. The number of hydrogen-bond acceptors (Lipinski definition) is 3. The molecule has 3 rings (SSSR count). The number of nitrogens with two attached hydrogens (primary N) is 1. The van der Waals surface area contributed by atoms with Crippen molar-refractivity contribution >= 4 is 33.5 Å². The summed E-state index contributed by atoms with van der Waals surface area (Å²) in [6, 6.07) is 7.85. The monoisotopic (exact) mass is 246 g/mol. The smallest absolute Gasteiger partial charge is 0.157 e. The summed E-state index contributed by atoms with van der Waals surface area (Å²) in [5.41, 5.74) is 8.30. The summed E-state index contributed by atoms with van der Waals surface area (Å²) in [5.74, 6) is 0.850. The van der Waals surface area contributed by atoms with Gasteiger partial charge in [-0.3, -0.25) is 0 Å². The number of imidazole rings is 1. The van der Waals surface area contributed by atoms with Crippen molar-refractivity contribution in [1.29, 1.82) is 0 Å². The van der Waals surface area contributed by atoms with Gasteiger partial charge in [0.1, 0.15) is 11.3 Å². The summed E-state index contributed by atoms with van der Waals surface area (Å²) in [7, 11) is 0. The molecule has 17 heavy (non-hydrogen) atoms. The van der Waals surface area contributed by atoms with E-state index in [1.165, 1.54) is 0 Å². The van der Waals surface area contributed by atoms with E-state index in [1.807, 2.05) is 35.8 Å². The van der Waals surface area contributed by atoms with Crippen LogP contribution in [0.15, 0.2) is 24.3 Å². The summed E-state index contributed by atoms with van der Waals surface area (Å²) in [6.45, 7) is 2.30. The van der Waals surface area contributed by atoms with Gasteiger partial charge in [-0.2, -0.15) is 0 Å². The third-order valence-corrected chi connectivity index (χ3v) is 3.18. The van der Waals surface area contributed by atoms with Gasteiger partial charge in [0.2, 0.25) is 0 Å². The molecule has 0 aliphatic carbocycles. The standard InChI is InChI=1S/C12H11ClN4/c1-7-15-10-11(17(7)6-14)8-4-2-3-5-9(8)16-12(10)13/h2-5H,6,14H2,1H3. The molecule has 5 heteroatoms. The molecule has 3 aromatic rings. The number of hydrogen-bond donors (Lipinski definition) is 1. The average Bonchev–Trinajstić information content (AvgIpc) is 2.67. The maximum Gasteiger partial charge on any atom is 0.157 e. The number of fused-ring (bicyclic) bond motifs is 3. The number of aryl methyl sites for hydroxylation is 1. The number of pyridine rings is 1. The Bertz CT molecular complexity index is 717. The topological polar surface area (TPSA) is 56.7 Å². The SMILES string of the molecule is Cc1nc2c(Cl)nc3ccccc3c2n1CN. The van der Waals surface area contributed by atoms with Gasteiger partial charge in [-0.05, 0) is 13.0 Å². The van der Waals surface area contributed by atoms with Crippen LogP contribution in [-0.4, -0.2) is 14.5 Å². The quantitative estimate of drug-likeness (QED) is 0.671. The Morgan fingerprint density at radius 2 is 2.06 bits per heavy atom. The second-order valence-electron chi connectivity index (χ2n) is 3.89. The molecule has 0 spiro atoms. The summed E-state index contributed by atoms with van der Waals surface area (Å²) in [5, 5.41) is 1.45. The maximum absolute atomic E-state index is 6.15. The Morgan fingerprint density at radius 1 is 1.29 bits per heavy atom. The predicted molar refractivity (Wildman–Crippen MR) is 69.0 cm³/mol. The number of aromatic nitrogens is 3. The lowest BCUT2D eigenvalue weighted by atomic mass is 10.2. The van der Waals surface area contributed by atoms with Crippen LogP contribution >= 0.6 is 11.6 Å². The second-order valence-corrected chi connectivity index (χ2v) is 4.24. The predicted octanol–water partition coefficient (Wildman–Crippen LogP) is 2.46. The molecule has 0 unspecified atom stereocenters. The molecule has 0 amide bonds. The van der Waals surface area contributed by atoms with Gasteiger partial charge in [0.05, 0.1) is 17.7 Å². The zero-order valence-electron chi connectivity index (χ0n) is 9.31. The fourth-order valence-corrected chi connectivity index (χ4v) is 2.36. The van der Waals surface area contributed by atoms with Crippen molar-refractivity contribution in [3.63, 3.8) is 0 Å². The summed E-state index contributed by atoms with van der Waals surface area (Å²) >= 11 is 6.15. The third kappa shape index (κ3) is 1.41. The molecule has 0 saturated heterocycles. The van der Waals surface area contributed by atoms with Gasteiger partial charge in [0, 0.05) is 5.39 Å². The van der Waals surface area contributed by atoms with Gasteiger partial charge < -0.3 is 10.3 Å². The number of benzene rings is 1. The van der Waals surface area contributed by atoms with Gasteiger partial charge in [-0.1, -0.05) is 29.8 Å². The van der Waals surface area contributed by atoms with Crippen molar-refractivity contribution in [3.8, 4) is 0 Å². The van der Waals surface area contributed by atoms with Crippen molar-refractivity contribution < 1.29 is 0 Å². The first kappa shape index (κ1) is 10.5. The summed E-state index contributed by atoms with van der Waals surface area (Å²) < 4.78 is 1.95. The zero-order valence-corrected chi connectivity index (χ0v) is 10.1. The van der Waals surface area contributed by atoms with E-state index < -0.39 is 0 Å². The van der Waals surface area contributed by atoms with Crippen LogP contribution in [0.2, 0.25) is 5.15 Å². The zero-order chi connectivity index (χ0) is 12.0. The lowest BCUT2D eigenvalue weighted by molar-refractivity contribution is 0.727. The molecule has 1 aromatic carbocycles. The van der Waals surface area contributed by atoms with E-state index >= 15 is 0 Å². The Hall–Kier alpha value is -1.65. The molecule has 0 saturated carbocycles. The molecule has 2 heterocycles. The highest BCUT2D eigenvalue weighted by Gasteiger charge is 2.14. The minimum atomic E-state index is 0.382. The van der Waals surface area contributed by atoms with Crippen LogP contribution in [0.4, 0.5) is 0 Å². The fourth-order valence-electron chi connectivity index (χ4n) is 2.14. The van der Waals surface area contributed by atoms with Gasteiger partial charge in [-0.25, -0.2) is 9.97 Å². The molecule has 2 aromatic heterocycles. The van der Waals surface area contributed by atoms with E-state index in [2.05, 4.69) is 9.97 Å². The van der Waals surface area contributed by atoms with Crippen molar-refractivity contribution in [2.24, 2.45) is 5.73 Å². The molecule has 4 nitrogen and oxygen atoms in total. The van der Waals surface area contributed by atoms with E-state index in [4.69, 9.17) is 17.3 Å². The van der Waals surface area contributed by atoms with Crippen LogP contribution in [0.5, 0.6) is 0 Å². The molecule has 0 aliphatic heterocycles. The lowest BCUT2D eigenvalue weighted by Gasteiger charge is -2.05. The van der Waals surface area contributed by atoms with Gasteiger partial charge in [0.15, 0.2) is 5.15 Å². The van der Waals surface area contributed by atoms with Gasteiger partial charge in [-0.15, -0.1) is 0 Å². The number of para-hydroxylation sites is 1. The van der Waals surface area contributed by atoms with Crippen LogP contribution < -0.4 is 5.73 Å². The molecular weight excluding hydrogens is 236 g/mol. The first-order valence-corrected chi connectivity index (χ1v) is 5.71. The molecular formula is C12H11ClN4. The highest BCUT2D eigenvalue weighted by molar-refractivity contribution is 6.35. The molecule has 0 bridgehead atoms. The van der Waals surface area contributed by atoms with Crippen LogP contribution in [0, 0.1) is 6.92 Å². The highest BCUT2D eigenvalue weighted by Crippen LogP contribution is 2.29. The van der Waals surface area contributed by atoms with E-state index in [9.17, 15) is 0 Å². The van der Waals surface area contributed by atoms with Crippen LogP contribution in [0.1, 0.15) is 5.82 Å². The molecule has 0 fully saturated rings. The van der Waals surface area contributed by atoms with Crippen LogP contribution in [-0.2, 0) is 6.67 Å². The van der Waals surface area contributed by atoms with E-state index in [-0.39, 0.29) is 0 Å². The molecule has 86 valence electrons. The Labute approximate surface area is 103 Å². The van der Waals surface area contributed by atoms with E-state index in [1.54, 1.807) is 0 Å².